The summed E-state index contributed by atoms with van der Waals surface area (Å²) in [6.07, 6.45) is 4.41. The molecule has 17 heavy (non-hydrogen) atoms. The highest BCUT2D eigenvalue weighted by Crippen LogP contribution is 2.31. The monoisotopic (exact) mass is 255 g/mol. The highest BCUT2D eigenvalue weighted by Gasteiger charge is 2.25. The zero-order valence-electron chi connectivity index (χ0n) is 10.6. The first-order chi connectivity index (χ1) is 8.15. The lowest BCUT2D eigenvalue weighted by molar-refractivity contribution is 0.297. The minimum atomic E-state index is 0.300. The van der Waals surface area contributed by atoms with Crippen molar-refractivity contribution in [2.75, 3.05) is 0 Å². The minimum absolute atomic E-state index is 0.300. The molecule has 4 nitrogen and oxygen atoms in total. The quantitative estimate of drug-likeness (QED) is 0.896. The second-order valence-electron chi connectivity index (χ2n) is 5.03. The van der Waals surface area contributed by atoms with Gasteiger partial charge in [-0.25, -0.2) is 0 Å². The summed E-state index contributed by atoms with van der Waals surface area (Å²) in [7, 11) is 0. The SMILES string of the molecule is CC(C)SCc1noc(C2CCCC(N)C2)n1. The van der Waals surface area contributed by atoms with E-state index in [-0.39, 0.29) is 0 Å². The molecule has 0 bridgehead atoms. The topological polar surface area (TPSA) is 64.9 Å². The lowest BCUT2D eigenvalue weighted by Crippen LogP contribution is -2.26. The van der Waals surface area contributed by atoms with Gasteiger partial charge in [0.15, 0.2) is 5.82 Å². The van der Waals surface area contributed by atoms with E-state index in [0.29, 0.717) is 17.2 Å². The van der Waals surface area contributed by atoms with Crippen LogP contribution in [0.15, 0.2) is 4.52 Å². The van der Waals surface area contributed by atoms with Gasteiger partial charge in [0.2, 0.25) is 5.89 Å². The molecule has 0 aromatic carbocycles. The Hall–Kier alpha value is -0.550. The van der Waals surface area contributed by atoms with Crippen LogP contribution in [-0.4, -0.2) is 21.4 Å². The highest BCUT2D eigenvalue weighted by atomic mass is 32.2. The van der Waals surface area contributed by atoms with Gasteiger partial charge in [-0.05, 0) is 24.5 Å². The number of aromatic nitrogens is 2. The second-order valence-corrected chi connectivity index (χ2v) is 6.60. The molecule has 0 saturated heterocycles. The van der Waals surface area contributed by atoms with Crippen LogP contribution in [0.3, 0.4) is 0 Å². The molecule has 96 valence electrons. The minimum Gasteiger partial charge on any atom is -0.339 e. The Kier molecular flexibility index (Phi) is 4.45. The molecule has 1 heterocycles. The van der Waals surface area contributed by atoms with Crippen LogP contribution in [0.1, 0.15) is 57.2 Å². The maximum absolute atomic E-state index is 5.97. The van der Waals surface area contributed by atoms with Crippen molar-refractivity contribution in [1.82, 2.24) is 10.1 Å². The molecule has 1 aromatic rings. The smallest absolute Gasteiger partial charge is 0.229 e. The average Bonchev–Trinajstić information content (AvgIpc) is 2.75. The summed E-state index contributed by atoms with van der Waals surface area (Å²) in [4.78, 5) is 4.49. The van der Waals surface area contributed by atoms with Crippen LogP contribution < -0.4 is 5.73 Å². The Morgan fingerprint density at radius 2 is 2.29 bits per heavy atom. The van der Waals surface area contributed by atoms with Crippen LogP contribution >= 0.6 is 11.8 Å². The highest BCUT2D eigenvalue weighted by molar-refractivity contribution is 7.99. The predicted molar refractivity (Wildman–Crippen MR) is 69.9 cm³/mol. The molecule has 1 fully saturated rings. The van der Waals surface area contributed by atoms with Gasteiger partial charge in [-0.1, -0.05) is 25.4 Å². The van der Waals surface area contributed by atoms with Crippen LogP contribution in [0, 0.1) is 0 Å². The first-order valence-electron chi connectivity index (χ1n) is 6.35. The molecule has 0 radical (unpaired) electrons. The van der Waals surface area contributed by atoms with E-state index in [0.717, 1.165) is 36.7 Å². The van der Waals surface area contributed by atoms with E-state index in [1.807, 2.05) is 11.8 Å². The predicted octanol–water partition coefficient (Wildman–Crippen LogP) is 2.70. The van der Waals surface area contributed by atoms with E-state index in [4.69, 9.17) is 10.3 Å². The molecule has 2 unspecified atom stereocenters. The molecule has 2 N–H and O–H groups in total. The largest absolute Gasteiger partial charge is 0.339 e. The van der Waals surface area contributed by atoms with Gasteiger partial charge in [-0.15, -0.1) is 0 Å². The molecule has 0 aliphatic heterocycles. The van der Waals surface area contributed by atoms with Crippen molar-refractivity contribution >= 4 is 11.8 Å². The Morgan fingerprint density at radius 1 is 1.47 bits per heavy atom. The van der Waals surface area contributed by atoms with Crippen molar-refractivity contribution in [2.24, 2.45) is 5.73 Å². The summed E-state index contributed by atoms with van der Waals surface area (Å²) in [6.45, 7) is 4.34. The molecule has 2 atom stereocenters. The molecule has 1 aliphatic carbocycles. The summed E-state index contributed by atoms with van der Waals surface area (Å²) in [5.41, 5.74) is 5.97. The van der Waals surface area contributed by atoms with Gasteiger partial charge in [0.1, 0.15) is 0 Å². The van der Waals surface area contributed by atoms with Crippen LogP contribution in [0.25, 0.3) is 0 Å². The molecular formula is C12H21N3OS. The number of nitrogens with two attached hydrogens (primary N) is 1. The Morgan fingerprint density at radius 3 is 3.00 bits per heavy atom. The van der Waals surface area contributed by atoms with Crippen molar-refractivity contribution in [3.63, 3.8) is 0 Å². The van der Waals surface area contributed by atoms with E-state index in [1.54, 1.807) is 0 Å². The molecular weight excluding hydrogens is 234 g/mol. The Labute approximate surface area is 107 Å². The maximum Gasteiger partial charge on any atom is 0.229 e. The van der Waals surface area contributed by atoms with Crippen LogP contribution in [0.2, 0.25) is 0 Å². The molecule has 1 saturated carbocycles. The third-order valence-corrected chi connectivity index (χ3v) is 4.19. The summed E-state index contributed by atoms with van der Waals surface area (Å²) >= 11 is 1.84. The van der Waals surface area contributed by atoms with Crippen LogP contribution in [0.5, 0.6) is 0 Å². The molecule has 5 heteroatoms. The zero-order chi connectivity index (χ0) is 12.3. The fourth-order valence-corrected chi connectivity index (χ4v) is 2.78. The second kappa shape index (κ2) is 5.87. The maximum atomic E-state index is 5.97. The van der Waals surface area contributed by atoms with Gasteiger partial charge in [0.25, 0.3) is 0 Å². The number of nitrogens with zero attached hydrogens (tertiary/aromatic N) is 2. The summed E-state index contributed by atoms with van der Waals surface area (Å²) in [5, 5.41) is 4.64. The van der Waals surface area contributed by atoms with E-state index in [9.17, 15) is 0 Å². The van der Waals surface area contributed by atoms with E-state index >= 15 is 0 Å². The fraction of sp³-hybridized carbons (Fsp3) is 0.833. The number of hydrogen-bond donors (Lipinski definition) is 1. The van der Waals surface area contributed by atoms with Gasteiger partial charge in [-0.3, -0.25) is 0 Å². The van der Waals surface area contributed by atoms with Crippen molar-refractivity contribution < 1.29 is 4.52 Å². The lowest BCUT2D eigenvalue weighted by Gasteiger charge is -2.23. The summed E-state index contributed by atoms with van der Waals surface area (Å²) in [6, 6.07) is 0.300. The van der Waals surface area contributed by atoms with Gasteiger partial charge in [0, 0.05) is 12.0 Å². The Balaban J connectivity index is 1.92. The average molecular weight is 255 g/mol. The molecule has 0 spiro atoms. The van der Waals surface area contributed by atoms with Crippen LogP contribution in [0.4, 0.5) is 0 Å². The van der Waals surface area contributed by atoms with Crippen molar-refractivity contribution in [2.45, 2.75) is 62.5 Å². The number of hydrogen-bond acceptors (Lipinski definition) is 5. The standard InChI is InChI=1S/C12H21N3OS/c1-8(2)17-7-11-14-12(16-15-11)9-4-3-5-10(13)6-9/h8-10H,3-7,13H2,1-2H3. The normalized spacial score (nSPS) is 25.4. The van der Waals surface area contributed by atoms with E-state index in [2.05, 4.69) is 24.0 Å². The Bertz CT molecular complexity index is 353. The summed E-state index contributed by atoms with van der Waals surface area (Å²) in [5.74, 6) is 2.82. The number of rotatable bonds is 4. The van der Waals surface area contributed by atoms with E-state index in [1.165, 1.54) is 6.42 Å². The van der Waals surface area contributed by atoms with Gasteiger partial charge >= 0.3 is 0 Å². The van der Waals surface area contributed by atoms with Crippen molar-refractivity contribution in [1.29, 1.82) is 0 Å². The summed E-state index contributed by atoms with van der Waals surface area (Å²) < 4.78 is 5.35. The lowest BCUT2D eigenvalue weighted by atomic mass is 9.86. The zero-order valence-corrected chi connectivity index (χ0v) is 11.4. The third kappa shape index (κ3) is 3.71. The van der Waals surface area contributed by atoms with Crippen molar-refractivity contribution in [3.8, 4) is 0 Å². The molecule has 1 aliphatic rings. The van der Waals surface area contributed by atoms with Crippen molar-refractivity contribution in [3.05, 3.63) is 11.7 Å². The van der Waals surface area contributed by atoms with Gasteiger partial charge in [-0.2, -0.15) is 16.7 Å². The molecule has 2 rings (SSSR count). The molecule has 1 aromatic heterocycles. The fourth-order valence-electron chi connectivity index (χ4n) is 2.19. The van der Waals surface area contributed by atoms with Gasteiger partial charge < -0.3 is 10.3 Å². The molecule has 0 amide bonds. The first-order valence-corrected chi connectivity index (χ1v) is 7.39. The first kappa shape index (κ1) is 12.9. The number of thioether (sulfide) groups is 1. The van der Waals surface area contributed by atoms with Crippen LogP contribution in [-0.2, 0) is 5.75 Å². The van der Waals surface area contributed by atoms with E-state index < -0.39 is 0 Å². The third-order valence-electron chi connectivity index (χ3n) is 3.09. The van der Waals surface area contributed by atoms with Gasteiger partial charge in [0.05, 0.1) is 5.75 Å².